The van der Waals surface area contributed by atoms with E-state index in [0.29, 0.717) is 23.8 Å². The van der Waals surface area contributed by atoms with Crippen molar-refractivity contribution in [2.45, 2.75) is 26.8 Å². The molecule has 0 aliphatic carbocycles. The van der Waals surface area contributed by atoms with Crippen molar-refractivity contribution in [3.8, 4) is 0 Å². The zero-order chi connectivity index (χ0) is 12.4. The minimum Gasteiger partial charge on any atom is -0.463 e. The topological polar surface area (TPSA) is 54.3 Å². The van der Waals surface area contributed by atoms with Gasteiger partial charge in [-0.1, -0.05) is 0 Å². The molecule has 17 heavy (non-hydrogen) atoms. The molecule has 0 radical (unpaired) electrons. The summed E-state index contributed by atoms with van der Waals surface area (Å²) in [6, 6.07) is -0.102. The molecule has 2 rings (SSSR count). The molecule has 0 N–H and O–H groups in total. The highest BCUT2D eigenvalue weighted by Crippen LogP contribution is 2.25. The van der Waals surface area contributed by atoms with Gasteiger partial charge >= 0.3 is 5.97 Å². The number of carbonyl (C=O) groups is 1. The number of guanidine groups is 1. The van der Waals surface area contributed by atoms with Gasteiger partial charge in [0.05, 0.1) is 23.9 Å². The van der Waals surface area contributed by atoms with Gasteiger partial charge in [0.25, 0.3) is 0 Å². The number of hydrogen-bond donors (Lipinski definition) is 0. The Morgan fingerprint density at radius 2 is 2.35 bits per heavy atom. The van der Waals surface area contributed by atoms with Crippen LogP contribution < -0.4 is 0 Å². The average Bonchev–Trinajstić information content (AvgIpc) is 2.29. The van der Waals surface area contributed by atoms with E-state index in [-0.39, 0.29) is 12.0 Å². The molecular weight excluding hydrogens is 218 g/mol. The van der Waals surface area contributed by atoms with E-state index in [4.69, 9.17) is 4.74 Å². The first-order valence-corrected chi connectivity index (χ1v) is 5.61. The lowest BCUT2D eigenvalue weighted by Gasteiger charge is -2.32. The molecule has 2 aliphatic rings. The summed E-state index contributed by atoms with van der Waals surface area (Å²) in [4.78, 5) is 22.2. The second-order valence-corrected chi connectivity index (χ2v) is 3.83. The van der Waals surface area contributed by atoms with Crippen LogP contribution >= 0.6 is 0 Å². The van der Waals surface area contributed by atoms with Crippen LogP contribution in [0.5, 0.6) is 0 Å². The summed E-state index contributed by atoms with van der Waals surface area (Å²) in [6.07, 6.45) is 5.37. The van der Waals surface area contributed by atoms with E-state index in [1.54, 1.807) is 20.1 Å². The molecule has 0 amide bonds. The lowest BCUT2D eigenvalue weighted by atomic mass is 10.0. The largest absolute Gasteiger partial charge is 0.463 e. The summed E-state index contributed by atoms with van der Waals surface area (Å²) < 4.78 is 5.05. The molecule has 0 aromatic heterocycles. The Kier molecular flexibility index (Phi) is 3.08. The van der Waals surface area contributed by atoms with E-state index >= 15 is 0 Å². The second kappa shape index (κ2) is 4.53. The van der Waals surface area contributed by atoms with Crippen LogP contribution in [0.3, 0.4) is 0 Å². The number of fused-ring (bicyclic) bond motifs is 1. The van der Waals surface area contributed by atoms with Crippen LogP contribution in [-0.2, 0) is 9.53 Å². The molecule has 0 aromatic carbocycles. The molecule has 0 saturated heterocycles. The second-order valence-electron chi connectivity index (χ2n) is 3.83. The Balaban J connectivity index is 2.37. The predicted molar refractivity (Wildman–Crippen MR) is 65.7 cm³/mol. The fraction of sp³-hybridized carbons (Fsp3) is 0.417. The molecule has 0 fully saturated rings. The van der Waals surface area contributed by atoms with Crippen LogP contribution in [0.2, 0.25) is 0 Å². The van der Waals surface area contributed by atoms with E-state index in [1.807, 2.05) is 24.1 Å². The summed E-state index contributed by atoms with van der Waals surface area (Å²) in [7, 11) is 0. The molecule has 0 spiro atoms. The molecule has 1 atom stereocenters. The quantitative estimate of drug-likeness (QED) is 0.679. The minimum absolute atomic E-state index is 0.102. The van der Waals surface area contributed by atoms with E-state index < -0.39 is 0 Å². The predicted octanol–water partition coefficient (Wildman–Crippen LogP) is 1.48. The first kappa shape index (κ1) is 11.6. The third-order valence-corrected chi connectivity index (χ3v) is 2.74. The van der Waals surface area contributed by atoms with Gasteiger partial charge in [0.2, 0.25) is 5.96 Å². The molecular formula is C12H15N3O2. The number of hydrogen-bond acceptors (Lipinski definition) is 5. The third kappa shape index (κ3) is 2.00. The van der Waals surface area contributed by atoms with Crippen molar-refractivity contribution in [1.29, 1.82) is 0 Å². The smallest absolute Gasteiger partial charge is 0.337 e. The van der Waals surface area contributed by atoms with Gasteiger partial charge in [0.15, 0.2) is 0 Å². The van der Waals surface area contributed by atoms with Crippen molar-refractivity contribution in [3.63, 3.8) is 0 Å². The monoisotopic (exact) mass is 233 g/mol. The third-order valence-electron chi connectivity index (χ3n) is 2.74. The van der Waals surface area contributed by atoms with Gasteiger partial charge in [0, 0.05) is 12.4 Å². The van der Waals surface area contributed by atoms with Gasteiger partial charge < -0.3 is 9.64 Å². The Labute approximate surface area is 100 Å². The number of ether oxygens (including phenoxy) is 1. The van der Waals surface area contributed by atoms with Crippen LogP contribution in [0.4, 0.5) is 0 Å². The highest BCUT2D eigenvalue weighted by Gasteiger charge is 2.31. The highest BCUT2D eigenvalue weighted by atomic mass is 16.5. The van der Waals surface area contributed by atoms with Crippen LogP contribution in [-0.4, -0.2) is 35.7 Å². The van der Waals surface area contributed by atoms with Crippen molar-refractivity contribution >= 4 is 18.1 Å². The molecule has 5 nitrogen and oxygen atoms in total. The summed E-state index contributed by atoms with van der Waals surface area (Å²) in [6.45, 7) is 5.91. The zero-order valence-electron chi connectivity index (χ0n) is 10.2. The summed E-state index contributed by atoms with van der Waals surface area (Å²) >= 11 is 0. The Hall–Kier alpha value is -1.91. The molecule has 2 aliphatic heterocycles. The maximum atomic E-state index is 11.9. The summed E-state index contributed by atoms with van der Waals surface area (Å²) in [5.41, 5.74) is 1.27. The van der Waals surface area contributed by atoms with Gasteiger partial charge in [-0.05, 0) is 26.8 Å². The summed E-state index contributed by atoms with van der Waals surface area (Å²) in [5.74, 6) is 0.314. The van der Waals surface area contributed by atoms with Crippen LogP contribution in [0, 0.1) is 0 Å². The standard InChI is InChI=1S/C12H15N3O2/c1-4-17-11(16)10-8(2)14-12-13-6-5-7-15(12)9(10)3/h5-7,9H,4H2,1-3H3/t9-/m0/s1. The van der Waals surface area contributed by atoms with Crippen LogP contribution in [0.25, 0.3) is 0 Å². The number of esters is 1. The zero-order valence-corrected chi connectivity index (χ0v) is 10.2. The maximum absolute atomic E-state index is 11.9. The SMILES string of the molecule is CCOC(=O)C1=C(C)N=C2N=CC=CN2[C@H]1C. The Bertz CT molecular complexity index is 460. The molecule has 0 unspecified atom stereocenters. The van der Waals surface area contributed by atoms with Gasteiger partial charge in [-0.25, -0.2) is 14.8 Å². The Morgan fingerprint density at radius 1 is 1.59 bits per heavy atom. The fourth-order valence-corrected chi connectivity index (χ4v) is 1.94. The number of aliphatic imine (C=N–C) groups is 2. The van der Waals surface area contributed by atoms with Crippen LogP contribution in [0.1, 0.15) is 20.8 Å². The maximum Gasteiger partial charge on any atom is 0.337 e. The van der Waals surface area contributed by atoms with Crippen molar-refractivity contribution < 1.29 is 9.53 Å². The molecule has 90 valence electrons. The lowest BCUT2D eigenvalue weighted by Crippen LogP contribution is -2.41. The molecule has 2 heterocycles. The van der Waals surface area contributed by atoms with E-state index in [9.17, 15) is 4.79 Å². The normalized spacial score (nSPS) is 22.4. The number of carbonyl (C=O) groups excluding carboxylic acids is 1. The van der Waals surface area contributed by atoms with E-state index in [0.717, 1.165) is 0 Å². The number of allylic oxidation sites excluding steroid dienone is 2. The lowest BCUT2D eigenvalue weighted by molar-refractivity contribution is -0.139. The number of nitrogens with zero attached hydrogens (tertiary/aromatic N) is 3. The van der Waals surface area contributed by atoms with Gasteiger partial charge in [-0.15, -0.1) is 0 Å². The van der Waals surface area contributed by atoms with Crippen LogP contribution in [0.15, 0.2) is 33.5 Å². The first-order valence-electron chi connectivity index (χ1n) is 5.61. The minimum atomic E-state index is -0.303. The van der Waals surface area contributed by atoms with Gasteiger partial charge in [-0.3, -0.25) is 0 Å². The fourth-order valence-electron chi connectivity index (χ4n) is 1.94. The summed E-state index contributed by atoms with van der Waals surface area (Å²) in [5, 5.41) is 0. The van der Waals surface area contributed by atoms with E-state index in [1.165, 1.54) is 0 Å². The van der Waals surface area contributed by atoms with Gasteiger partial charge in [0.1, 0.15) is 0 Å². The van der Waals surface area contributed by atoms with Crippen molar-refractivity contribution in [3.05, 3.63) is 23.5 Å². The van der Waals surface area contributed by atoms with Crippen molar-refractivity contribution in [2.75, 3.05) is 6.61 Å². The molecule has 0 aromatic rings. The van der Waals surface area contributed by atoms with Crippen molar-refractivity contribution in [2.24, 2.45) is 9.98 Å². The average molecular weight is 233 g/mol. The van der Waals surface area contributed by atoms with Gasteiger partial charge in [-0.2, -0.15) is 0 Å². The first-order chi connectivity index (χ1) is 8.15. The van der Waals surface area contributed by atoms with E-state index in [2.05, 4.69) is 9.98 Å². The molecule has 0 saturated carbocycles. The van der Waals surface area contributed by atoms with Crippen molar-refractivity contribution in [1.82, 2.24) is 4.90 Å². The molecule has 0 bridgehead atoms. The highest BCUT2D eigenvalue weighted by molar-refractivity contribution is 5.99. The Morgan fingerprint density at radius 3 is 3.06 bits per heavy atom. The molecule has 5 heteroatoms. The number of rotatable bonds is 2.